The van der Waals surface area contributed by atoms with Crippen molar-refractivity contribution >= 4 is 40.6 Å². The molecule has 1 aromatic heterocycles. The SMILES string of the molecule is CCOC(=O)COc1c(I)cc(/C=N\Nc2ccc(C(F)(F)F)cn2)cc1OCC. The second-order valence-electron chi connectivity index (χ2n) is 5.66. The number of benzene rings is 1. The van der Waals surface area contributed by atoms with Gasteiger partial charge in [-0.1, -0.05) is 0 Å². The molecule has 0 saturated heterocycles. The molecule has 0 bridgehead atoms. The summed E-state index contributed by atoms with van der Waals surface area (Å²) in [6.07, 6.45) is -2.26. The molecule has 0 unspecified atom stereocenters. The van der Waals surface area contributed by atoms with Crippen molar-refractivity contribution in [2.45, 2.75) is 20.0 Å². The lowest BCUT2D eigenvalue weighted by atomic mass is 10.2. The summed E-state index contributed by atoms with van der Waals surface area (Å²) in [4.78, 5) is 15.2. The molecule has 0 saturated carbocycles. The van der Waals surface area contributed by atoms with Gasteiger partial charge in [0.2, 0.25) is 0 Å². The van der Waals surface area contributed by atoms with Crippen LogP contribution in [0.1, 0.15) is 25.0 Å². The van der Waals surface area contributed by atoms with Crippen molar-refractivity contribution in [3.8, 4) is 11.5 Å². The number of hydrogen-bond donors (Lipinski definition) is 1. The number of aromatic nitrogens is 1. The average Bonchev–Trinajstić information content (AvgIpc) is 2.67. The molecule has 1 N–H and O–H groups in total. The quantitative estimate of drug-likeness (QED) is 0.220. The first-order valence-electron chi connectivity index (χ1n) is 8.81. The summed E-state index contributed by atoms with van der Waals surface area (Å²) in [5, 5.41) is 3.98. The van der Waals surface area contributed by atoms with E-state index in [-0.39, 0.29) is 19.0 Å². The van der Waals surface area contributed by atoms with Gasteiger partial charge in [-0.2, -0.15) is 18.3 Å². The van der Waals surface area contributed by atoms with Crippen molar-refractivity contribution in [1.29, 1.82) is 0 Å². The lowest BCUT2D eigenvalue weighted by Gasteiger charge is -2.14. The number of rotatable bonds is 9. The standard InChI is InChI=1S/C19H19F3IN3O4/c1-3-28-15-8-12(7-14(23)18(15)30-11-17(27)29-4-2)9-25-26-16-6-5-13(10-24-16)19(20,21)22/h5-10H,3-4,11H2,1-2H3,(H,24,26)/b25-9-. The Hall–Kier alpha value is -2.57. The molecule has 0 spiro atoms. The number of halogens is 4. The summed E-state index contributed by atoms with van der Waals surface area (Å²) in [5.41, 5.74) is 2.37. The van der Waals surface area contributed by atoms with E-state index in [1.54, 1.807) is 26.0 Å². The fourth-order valence-electron chi connectivity index (χ4n) is 2.20. The van der Waals surface area contributed by atoms with Crippen molar-refractivity contribution in [3.63, 3.8) is 0 Å². The van der Waals surface area contributed by atoms with E-state index >= 15 is 0 Å². The molecule has 0 atom stereocenters. The van der Waals surface area contributed by atoms with Crippen molar-refractivity contribution < 1.29 is 32.2 Å². The highest BCUT2D eigenvalue weighted by atomic mass is 127. The molecule has 1 heterocycles. The summed E-state index contributed by atoms with van der Waals surface area (Å²) in [5.74, 6) is 0.491. The third-order valence-electron chi connectivity index (χ3n) is 3.45. The van der Waals surface area contributed by atoms with Crippen LogP contribution in [0.4, 0.5) is 19.0 Å². The number of pyridine rings is 1. The van der Waals surface area contributed by atoms with E-state index in [0.717, 1.165) is 12.3 Å². The number of carbonyl (C=O) groups excluding carboxylic acids is 1. The molecule has 0 aliphatic rings. The lowest BCUT2D eigenvalue weighted by Crippen LogP contribution is -2.15. The Morgan fingerprint density at radius 3 is 2.60 bits per heavy atom. The molecular weight excluding hydrogens is 518 g/mol. The molecule has 162 valence electrons. The second-order valence-corrected chi connectivity index (χ2v) is 6.82. The summed E-state index contributed by atoms with van der Waals surface area (Å²) >= 11 is 2.04. The highest BCUT2D eigenvalue weighted by Crippen LogP contribution is 2.34. The van der Waals surface area contributed by atoms with Gasteiger partial charge in [0.15, 0.2) is 18.1 Å². The topological polar surface area (TPSA) is 82.0 Å². The van der Waals surface area contributed by atoms with E-state index in [1.165, 1.54) is 12.3 Å². The maximum atomic E-state index is 12.6. The normalized spacial score (nSPS) is 11.4. The Kier molecular flexibility index (Phi) is 8.69. The zero-order valence-electron chi connectivity index (χ0n) is 16.1. The Bertz CT molecular complexity index is 890. The number of esters is 1. The zero-order valence-corrected chi connectivity index (χ0v) is 18.3. The van der Waals surface area contributed by atoms with E-state index in [4.69, 9.17) is 14.2 Å². The summed E-state index contributed by atoms with van der Waals surface area (Å²) in [6.45, 7) is 3.89. The van der Waals surface area contributed by atoms with Crippen molar-refractivity contribution in [2.24, 2.45) is 5.10 Å². The van der Waals surface area contributed by atoms with Crippen LogP contribution in [-0.2, 0) is 15.7 Å². The molecule has 0 amide bonds. The largest absolute Gasteiger partial charge is 0.490 e. The molecule has 2 aromatic rings. The zero-order chi connectivity index (χ0) is 22.1. The third-order valence-corrected chi connectivity index (χ3v) is 4.26. The Labute approximate surface area is 184 Å². The highest BCUT2D eigenvalue weighted by Gasteiger charge is 2.30. The Morgan fingerprint density at radius 2 is 2.00 bits per heavy atom. The van der Waals surface area contributed by atoms with Crippen LogP contribution in [-0.4, -0.2) is 37.0 Å². The first-order valence-corrected chi connectivity index (χ1v) is 9.89. The molecule has 11 heteroatoms. The molecule has 2 rings (SSSR count). The van der Waals surface area contributed by atoms with Crippen LogP contribution in [0.5, 0.6) is 11.5 Å². The van der Waals surface area contributed by atoms with Gasteiger partial charge in [-0.3, -0.25) is 5.43 Å². The van der Waals surface area contributed by atoms with Gasteiger partial charge in [-0.25, -0.2) is 9.78 Å². The van der Waals surface area contributed by atoms with Gasteiger partial charge >= 0.3 is 12.1 Å². The minimum absolute atomic E-state index is 0.161. The van der Waals surface area contributed by atoms with Crippen LogP contribution in [0.25, 0.3) is 0 Å². The van der Waals surface area contributed by atoms with E-state index in [2.05, 4.69) is 15.5 Å². The van der Waals surface area contributed by atoms with Crippen molar-refractivity contribution in [1.82, 2.24) is 4.98 Å². The average molecular weight is 537 g/mol. The summed E-state index contributed by atoms with van der Waals surface area (Å²) in [7, 11) is 0. The summed E-state index contributed by atoms with van der Waals surface area (Å²) < 4.78 is 54.3. The Balaban J connectivity index is 2.10. The molecule has 0 aliphatic heterocycles. The van der Waals surface area contributed by atoms with Gasteiger partial charge in [0, 0.05) is 6.20 Å². The van der Waals surface area contributed by atoms with E-state index < -0.39 is 17.7 Å². The van der Waals surface area contributed by atoms with Gasteiger partial charge in [0.05, 0.1) is 28.6 Å². The van der Waals surface area contributed by atoms with Crippen LogP contribution in [0.15, 0.2) is 35.6 Å². The van der Waals surface area contributed by atoms with Crippen LogP contribution >= 0.6 is 22.6 Å². The molecule has 0 radical (unpaired) electrons. The van der Waals surface area contributed by atoms with E-state index in [0.29, 0.717) is 27.2 Å². The van der Waals surface area contributed by atoms with Gasteiger partial charge in [0.25, 0.3) is 0 Å². The minimum Gasteiger partial charge on any atom is -0.490 e. The molecule has 7 nitrogen and oxygen atoms in total. The molecule has 0 aliphatic carbocycles. The predicted molar refractivity (Wildman–Crippen MR) is 113 cm³/mol. The van der Waals surface area contributed by atoms with Gasteiger partial charge in [-0.15, -0.1) is 0 Å². The minimum atomic E-state index is -4.45. The molecule has 1 aromatic carbocycles. The monoisotopic (exact) mass is 537 g/mol. The van der Waals surface area contributed by atoms with Crippen LogP contribution < -0.4 is 14.9 Å². The van der Waals surface area contributed by atoms with Crippen LogP contribution in [0.3, 0.4) is 0 Å². The predicted octanol–water partition coefficient (Wildman–Crippen LogP) is 4.49. The fourth-order valence-corrected chi connectivity index (χ4v) is 2.98. The third kappa shape index (κ3) is 7.04. The number of nitrogens with one attached hydrogen (secondary N) is 1. The van der Waals surface area contributed by atoms with E-state index in [1.807, 2.05) is 22.6 Å². The van der Waals surface area contributed by atoms with E-state index in [9.17, 15) is 18.0 Å². The van der Waals surface area contributed by atoms with Crippen LogP contribution in [0, 0.1) is 3.57 Å². The first kappa shape index (κ1) is 23.7. The maximum absolute atomic E-state index is 12.6. The molecule has 30 heavy (non-hydrogen) atoms. The lowest BCUT2D eigenvalue weighted by molar-refractivity contribution is -0.145. The number of alkyl halides is 3. The van der Waals surface area contributed by atoms with Crippen LogP contribution in [0.2, 0.25) is 0 Å². The number of hydrogen-bond acceptors (Lipinski definition) is 7. The summed E-state index contributed by atoms with van der Waals surface area (Å²) in [6, 6.07) is 5.50. The molecular formula is C19H19F3IN3O4. The smallest absolute Gasteiger partial charge is 0.417 e. The number of ether oxygens (including phenoxy) is 3. The number of carbonyl (C=O) groups is 1. The van der Waals surface area contributed by atoms with Gasteiger partial charge in [-0.05, 0) is 66.3 Å². The first-order chi connectivity index (χ1) is 14.2. The highest BCUT2D eigenvalue weighted by molar-refractivity contribution is 14.1. The van der Waals surface area contributed by atoms with Crippen molar-refractivity contribution in [2.75, 3.05) is 25.2 Å². The number of nitrogens with zero attached hydrogens (tertiary/aromatic N) is 2. The number of hydrazone groups is 1. The molecule has 0 fully saturated rings. The fraction of sp³-hybridized carbons (Fsp3) is 0.316. The Morgan fingerprint density at radius 1 is 1.23 bits per heavy atom. The van der Waals surface area contributed by atoms with Gasteiger partial charge < -0.3 is 14.2 Å². The maximum Gasteiger partial charge on any atom is 0.417 e. The van der Waals surface area contributed by atoms with Gasteiger partial charge in [0.1, 0.15) is 5.82 Å². The second kappa shape index (κ2) is 11.0. The number of anilines is 1. The van der Waals surface area contributed by atoms with Crippen molar-refractivity contribution in [3.05, 3.63) is 45.2 Å².